The second-order valence-corrected chi connectivity index (χ2v) is 5.83. The van der Waals surface area contributed by atoms with E-state index in [1.54, 1.807) is 18.9 Å². The molecule has 0 spiro atoms. The SMILES string of the molecule is CCOc1ccc(N)c(SCCC(C)(C)OC)c1. The van der Waals surface area contributed by atoms with Gasteiger partial charge >= 0.3 is 0 Å². The van der Waals surface area contributed by atoms with Crippen LogP contribution in [0.25, 0.3) is 0 Å². The Hall–Kier alpha value is -0.870. The van der Waals surface area contributed by atoms with Crippen LogP contribution < -0.4 is 10.5 Å². The molecule has 1 aromatic carbocycles. The van der Waals surface area contributed by atoms with E-state index in [-0.39, 0.29) is 5.60 Å². The first-order chi connectivity index (χ1) is 8.48. The van der Waals surface area contributed by atoms with E-state index in [0.717, 1.165) is 28.5 Å². The Balaban J connectivity index is 2.58. The van der Waals surface area contributed by atoms with Crippen LogP contribution in [0.3, 0.4) is 0 Å². The first-order valence-electron chi connectivity index (χ1n) is 6.19. The number of nitrogens with two attached hydrogens (primary N) is 1. The van der Waals surface area contributed by atoms with Gasteiger partial charge in [-0.25, -0.2) is 0 Å². The predicted molar refractivity (Wildman–Crippen MR) is 78.5 cm³/mol. The number of anilines is 1. The fourth-order valence-electron chi connectivity index (χ4n) is 1.40. The Morgan fingerprint density at radius 3 is 2.67 bits per heavy atom. The fourth-order valence-corrected chi connectivity index (χ4v) is 2.65. The highest BCUT2D eigenvalue weighted by Gasteiger charge is 2.16. The smallest absolute Gasteiger partial charge is 0.120 e. The monoisotopic (exact) mass is 269 g/mol. The van der Waals surface area contributed by atoms with Crippen molar-refractivity contribution in [1.29, 1.82) is 0 Å². The molecule has 0 radical (unpaired) electrons. The fraction of sp³-hybridized carbons (Fsp3) is 0.571. The minimum Gasteiger partial charge on any atom is -0.494 e. The molecule has 0 aliphatic heterocycles. The van der Waals surface area contributed by atoms with Crippen molar-refractivity contribution < 1.29 is 9.47 Å². The summed E-state index contributed by atoms with van der Waals surface area (Å²) in [5, 5.41) is 0. The van der Waals surface area contributed by atoms with Crippen LogP contribution in [-0.4, -0.2) is 25.1 Å². The lowest BCUT2D eigenvalue weighted by atomic mass is 10.1. The second kappa shape index (κ2) is 6.90. The number of hydrogen-bond acceptors (Lipinski definition) is 4. The number of ether oxygens (including phenoxy) is 2. The highest BCUT2D eigenvalue weighted by Crippen LogP contribution is 2.31. The molecule has 0 atom stereocenters. The van der Waals surface area contributed by atoms with E-state index < -0.39 is 0 Å². The number of rotatable bonds is 7. The van der Waals surface area contributed by atoms with Crippen LogP contribution in [0.15, 0.2) is 23.1 Å². The predicted octanol–water partition coefficient (Wildman–Crippen LogP) is 3.57. The van der Waals surface area contributed by atoms with Gasteiger partial charge in [-0.2, -0.15) is 0 Å². The summed E-state index contributed by atoms with van der Waals surface area (Å²) in [5.74, 6) is 1.85. The van der Waals surface area contributed by atoms with Crippen molar-refractivity contribution in [1.82, 2.24) is 0 Å². The lowest BCUT2D eigenvalue weighted by molar-refractivity contribution is 0.0207. The molecular weight excluding hydrogens is 246 g/mol. The van der Waals surface area contributed by atoms with E-state index in [2.05, 4.69) is 13.8 Å². The molecule has 0 aliphatic carbocycles. The van der Waals surface area contributed by atoms with Gasteiger partial charge in [-0.05, 0) is 45.4 Å². The molecule has 102 valence electrons. The van der Waals surface area contributed by atoms with Crippen molar-refractivity contribution in [3.05, 3.63) is 18.2 Å². The van der Waals surface area contributed by atoms with E-state index in [0.29, 0.717) is 6.61 Å². The summed E-state index contributed by atoms with van der Waals surface area (Å²) in [6.07, 6.45) is 0.979. The Morgan fingerprint density at radius 2 is 2.06 bits per heavy atom. The first kappa shape index (κ1) is 15.2. The molecule has 0 aromatic heterocycles. The summed E-state index contributed by atoms with van der Waals surface area (Å²) >= 11 is 1.74. The maximum absolute atomic E-state index is 5.96. The highest BCUT2D eigenvalue weighted by atomic mass is 32.2. The molecule has 0 saturated heterocycles. The lowest BCUT2D eigenvalue weighted by Crippen LogP contribution is -2.22. The van der Waals surface area contributed by atoms with Crippen molar-refractivity contribution in [3.8, 4) is 5.75 Å². The molecule has 0 fully saturated rings. The molecule has 0 saturated carbocycles. The maximum atomic E-state index is 5.96. The first-order valence-corrected chi connectivity index (χ1v) is 7.17. The quantitative estimate of drug-likeness (QED) is 0.607. The summed E-state index contributed by atoms with van der Waals surface area (Å²) in [4.78, 5) is 1.08. The number of nitrogen functional groups attached to an aromatic ring is 1. The molecule has 3 nitrogen and oxygen atoms in total. The molecule has 0 bridgehead atoms. The van der Waals surface area contributed by atoms with Gasteiger partial charge in [0.25, 0.3) is 0 Å². The molecular formula is C14H23NO2S. The largest absolute Gasteiger partial charge is 0.494 e. The Labute approximate surface area is 114 Å². The zero-order chi connectivity index (χ0) is 13.6. The van der Waals surface area contributed by atoms with Crippen LogP contribution in [0.5, 0.6) is 5.75 Å². The Bertz CT molecular complexity index is 380. The molecule has 0 unspecified atom stereocenters. The standard InChI is InChI=1S/C14H23NO2S/c1-5-17-11-6-7-12(15)13(10-11)18-9-8-14(2,3)16-4/h6-7,10H,5,8-9,15H2,1-4H3. The van der Waals surface area contributed by atoms with Gasteiger partial charge in [-0.15, -0.1) is 11.8 Å². The number of thioether (sulfide) groups is 1. The normalized spacial score (nSPS) is 11.6. The van der Waals surface area contributed by atoms with Gasteiger partial charge in [0, 0.05) is 23.4 Å². The summed E-state index contributed by atoms with van der Waals surface area (Å²) in [6, 6.07) is 5.81. The number of benzene rings is 1. The lowest BCUT2D eigenvalue weighted by Gasteiger charge is -2.22. The topological polar surface area (TPSA) is 44.5 Å². The van der Waals surface area contributed by atoms with Crippen LogP contribution in [-0.2, 0) is 4.74 Å². The summed E-state index contributed by atoms with van der Waals surface area (Å²) in [5.41, 5.74) is 6.68. The molecule has 2 N–H and O–H groups in total. The molecule has 4 heteroatoms. The molecule has 1 aromatic rings. The summed E-state index contributed by atoms with van der Waals surface area (Å²) < 4.78 is 10.9. The molecule has 0 heterocycles. The van der Waals surface area contributed by atoms with Crippen molar-refractivity contribution in [2.75, 3.05) is 25.2 Å². The van der Waals surface area contributed by atoms with E-state index in [9.17, 15) is 0 Å². The average molecular weight is 269 g/mol. The van der Waals surface area contributed by atoms with Gasteiger partial charge in [0.2, 0.25) is 0 Å². The van der Waals surface area contributed by atoms with Gasteiger partial charge in [0.1, 0.15) is 5.75 Å². The van der Waals surface area contributed by atoms with Crippen LogP contribution in [0.1, 0.15) is 27.2 Å². The van der Waals surface area contributed by atoms with E-state index in [4.69, 9.17) is 15.2 Å². The summed E-state index contributed by atoms with van der Waals surface area (Å²) in [7, 11) is 1.74. The summed E-state index contributed by atoms with van der Waals surface area (Å²) in [6.45, 7) is 6.83. The zero-order valence-corrected chi connectivity index (χ0v) is 12.5. The van der Waals surface area contributed by atoms with Crippen LogP contribution in [0.2, 0.25) is 0 Å². The Kier molecular flexibility index (Phi) is 5.82. The van der Waals surface area contributed by atoms with Crippen LogP contribution in [0, 0.1) is 0 Å². The van der Waals surface area contributed by atoms with Gasteiger partial charge < -0.3 is 15.2 Å². The second-order valence-electron chi connectivity index (χ2n) is 4.69. The number of methoxy groups -OCH3 is 1. The number of hydrogen-bond donors (Lipinski definition) is 1. The Morgan fingerprint density at radius 1 is 1.33 bits per heavy atom. The molecule has 1 rings (SSSR count). The van der Waals surface area contributed by atoms with E-state index >= 15 is 0 Å². The molecule has 0 amide bonds. The average Bonchev–Trinajstić information content (AvgIpc) is 2.33. The minimum absolute atomic E-state index is 0.0840. The zero-order valence-electron chi connectivity index (χ0n) is 11.7. The third kappa shape index (κ3) is 4.78. The minimum atomic E-state index is -0.0840. The van der Waals surface area contributed by atoms with Crippen molar-refractivity contribution in [2.45, 2.75) is 37.7 Å². The van der Waals surface area contributed by atoms with Gasteiger partial charge in [0.15, 0.2) is 0 Å². The van der Waals surface area contributed by atoms with E-state index in [1.807, 2.05) is 25.1 Å². The highest BCUT2D eigenvalue weighted by molar-refractivity contribution is 7.99. The van der Waals surface area contributed by atoms with Gasteiger partial charge in [-0.1, -0.05) is 0 Å². The van der Waals surface area contributed by atoms with Crippen molar-refractivity contribution >= 4 is 17.4 Å². The van der Waals surface area contributed by atoms with Crippen molar-refractivity contribution in [3.63, 3.8) is 0 Å². The molecule has 0 aliphatic rings. The van der Waals surface area contributed by atoms with Gasteiger partial charge in [-0.3, -0.25) is 0 Å². The maximum Gasteiger partial charge on any atom is 0.120 e. The van der Waals surface area contributed by atoms with Crippen molar-refractivity contribution in [2.24, 2.45) is 0 Å². The van der Waals surface area contributed by atoms with Gasteiger partial charge in [0.05, 0.1) is 12.2 Å². The van der Waals surface area contributed by atoms with Crippen LogP contribution >= 0.6 is 11.8 Å². The molecule has 18 heavy (non-hydrogen) atoms. The third-order valence-corrected chi connectivity index (χ3v) is 3.88. The van der Waals surface area contributed by atoms with Crippen LogP contribution in [0.4, 0.5) is 5.69 Å². The third-order valence-electron chi connectivity index (χ3n) is 2.81. The van der Waals surface area contributed by atoms with E-state index in [1.165, 1.54) is 0 Å².